The summed E-state index contributed by atoms with van der Waals surface area (Å²) < 4.78 is 0. The van der Waals surface area contributed by atoms with Gasteiger partial charge in [0.2, 0.25) is 0 Å². The van der Waals surface area contributed by atoms with Crippen molar-refractivity contribution in [3.05, 3.63) is 23.8 Å². The van der Waals surface area contributed by atoms with Gasteiger partial charge >= 0.3 is 0 Å². The first-order valence-electron chi connectivity index (χ1n) is 6.28. The molecule has 0 spiro atoms. The molecule has 0 saturated heterocycles. The molecule has 0 aliphatic heterocycles. The van der Waals surface area contributed by atoms with Crippen LogP contribution in [-0.4, -0.2) is 0 Å². The summed E-state index contributed by atoms with van der Waals surface area (Å²) in [5, 5.41) is 0. The second-order valence-electron chi connectivity index (χ2n) is 5.78. The highest BCUT2D eigenvalue weighted by molar-refractivity contribution is 5.17. The highest BCUT2D eigenvalue weighted by atomic mass is 14.4. The summed E-state index contributed by atoms with van der Waals surface area (Å²) in [5.74, 6) is 1.59. The van der Waals surface area contributed by atoms with Crippen molar-refractivity contribution in [2.24, 2.45) is 17.3 Å². The Balaban J connectivity index is 2.76. The Morgan fingerprint density at radius 3 is 2.53 bits per heavy atom. The van der Waals surface area contributed by atoms with Crippen LogP contribution in [0.3, 0.4) is 0 Å². The van der Waals surface area contributed by atoms with Gasteiger partial charge in [-0.25, -0.2) is 0 Å². The molecular weight excluding hydrogens is 180 g/mol. The van der Waals surface area contributed by atoms with Crippen LogP contribution in [0.5, 0.6) is 0 Å². The van der Waals surface area contributed by atoms with Gasteiger partial charge in [-0.15, -0.1) is 0 Å². The monoisotopic (exact) mass is 206 g/mol. The van der Waals surface area contributed by atoms with Gasteiger partial charge in [-0.1, -0.05) is 57.4 Å². The molecule has 1 saturated carbocycles. The molecular formula is C15H26. The van der Waals surface area contributed by atoms with Crippen molar-refractivity contribution in [1.82, 2.24) is 0 Å². The zero-order chi connectivity index (χ0) is 11.5. The van der Waals surface area contributed by atoms with E-state index in [0.29, 0.717) is 5.41 Å². The molecule has 0 aromatic heterocycles. The largest absolute Gasteiger partial charge is 0.0847 e. The Hall–Kier alpha value is -0.520. The van der Waals surface area contributed by atoms with Gasteiger partial charge in [0.25, 0.3) is 0 Å². The van der Waals surface area contributed by atoms with Crippen LogP contribution in [0.15, 0.2) is 23.8 Å². The second-order valence-corrected chi connectivity index (χ2v) is 5.78. The van der Waals surface area contributed by atoms with E-state index in [1.54, 1.807) is 0 Å². The van der Waals surface area contributed by atoms with Gasteiger partial charge in [0.05, 0.1) is 0 Å². The van der Waals surface area contributed by atoms with Crippen molar-refractivity contribution in [3.63, 3.8) is 0 Å². The molecule has 0 radical (unpaired) electrons. The zero-order valence-corrected chi connectivity index (χ0v) is 11.0. The lowest BCUT2D eigenvalue weighted by molar-refractivity contribution is 0.123. The molecule has 0 amide bonds. The van der Waals surface area contributed by atoms with E-state index in [1.165, 1.54) is 24.8 Å². The number of hydrogen-bond acceptors (Lipinski definition) is 0. The molecule has 0 unspecified atom stereocenters. The average molecular weight is 206 g/mol. The maximum atomic E-state index is 2.44. The lowest BCUT2D eigenvalue weighted by Crippen LogP contribution is -2.32. The standard InChI is InChI=1S/C15H26/c1-6-12(2)9-10-14-13(3)8-7-11-15(14,4)5/h6,9-10,13-14H,7-8,11H2,1-5H3/b10-9+,12-6?/t13-,14-/m0/s1. The predicted molar refractivity (Wildman–Crippen MR) is 68.9 cm³/mol. The Morgan fingerprint density at radius 2 is 2.00 bits per heavy atom. The van der Waals surface area contributed by atoms with E-state index in [1.807, 2.05) is 0 Å². The van der Waals surface area contributed by atoms with Gasteiger partial charge in [0, 0.05) is 0 Å². The first-order valence-corrected chi connectivity index (χ1v) is 6.28. The topological polar surface area (TPSA) is 0 Å². The fraction of sp³-hybridized carbons (Fsp3) is 0.733. The first kappa shape index (κ1) is 12.5. The third-order valence-corrected chi connectivity index (χ3v) is 4.02. The Morgan fingerprint density at radius 1 is 1.33 bits per heavy atom. The highest BCUT2D eigenvalue weighted by Gasteiger charge is 2.34. The SMILES string of the molecule is CC=C(C)/C=C/[C@H]1[C@@H](C)CCCC1(C)C. The summed E-state index contributed by atoms with van der Waals surface area (Å²) >= 11 is 0. The summed E-state index contributed by atoms with van der Waals surface area (Å²) in [4.78, 5) is 0. The Labute approximate surface area is 95.5 Å². The van der Waals surface area contributed by atoms with Crippen LogP contribution < -0.4 is 0 Å². The van der Waals surface area contributed by atoms with Crippen LogP contribution in [0.2, 0.25) is 0 Å². The third-order valence-electron chi connectivity index (χ3n) is 4.02. The molecule has 1 fully saturated rings. The summed E-state index contributed by atoms with van der Waals surface area (Å²) in [7, 11) is 0. The van der Waals surface area contributed by atoms with Gasteiger partial charge in [-0.3, -0.25) is 0 Å². The van der Waals surface area contributed by atoms with E-state index in [0.717, 1.165) is 11.8 Å². The summed E-state index contributed by atoms with van der Waals surface area (Å²) in [6, 6.07) is 0. The molecule has 0 bridgehead atoms. The quantitative estimate of drug-likeness (QED) is 0.559. The minimum Gasteiger partial charge on any atom is -0.0847 e. The van der Waals surface area contributed by atoms with E-state index in [4.69, 9.17) is 0 Å². The Kier molecular flexibility index (Phi) is 4.19. The second kappa shape index (κ2) is 5.01. The lowest BCUT2D eigenvalue weighted by Gasteiger charge is -2.41. The molecule has 0 N–H and O–H groups in total. The fourth-order valence-electron chi connectivity index (χ4n) is 2.80. The van der Waals surface area contributed by atoms with Crippen molar-refractivity contribution < 1.29 is 0 Å². The summed E-state index contributed by atoms with van der Waals surface area (Å²) in [5.41, 5.74) is 1.87. The number of hydrogen-bond donors (Lipinski definition) is 0. The minimum atomic E-state index is 0.488. The fourth-order valence-corrected chi connectivity index (χ4v) is 2.80. The number of rotatable bonds is 2. The molecule has 0 aromatic rings. The Bertz CT molecular complexity index is 255. The predicted octanol–water partition coefficient (Wildman–Crippen LogP) is 4.97. The molecule has 86 valence electrons. The normalized spacial score (nSPS) is 32.2. The van der Waals surface area contributed by atoms with Gasteiger partial charge in [0.1, 0.15) is 0 Å². The van der Waals surface area contributed by atoms with Gasteiger partial charge in [-0.2, -0.15) is 0 Å². The summed E-state index contributed by atoms with van der Waals surface area (Å²) in [6.45, 7) is 11.5. The van der Waals surface area contributed by atoms with Gasteiger partial charge in [-0.05, 0) is 37.5 Å². The molecule has 15 heavy (non-hydrogen) atoms. The van der Waals surface area contributed by atoms with Crippen LogP contribution in [-0.2, 0) is 0 Å². The van der Waals surface area contributed by atoms with Crippen LogP contribution >= 0.6 is 0 Å². The van der Waals surface area contributed by atoms with Crippen LogP contribution in [0.4, 0.5) is 0 Å². The molecule has 2 atom stereocenters. The van der Waals surface area contributed by atoms with Crippen molar-refractivity contribution in [2.75, 3.05) is 0 Å². The van der Waals surface area contributed by atoms with Crippen molar-refractivity contribution in [1.29, 1.82) is 0 Å². The van der Waals surface area contributed by atoms with Crippen LogP contribution in [0.25, 0.3) is 0 Å². The molecule has 0 nitrogen and oxygen atoms in total. The highest BCUT2D eigenvalue weighted by Crippen LogP contribution is 2.44. The van der Waals surface area contributed by atoms with Gasteiger partial charge in [0.15, 0.2) is 0 Å². The lowest BCUT2D eigenvalue weighted by atomic mass is 9.64. The van der Waals surface area contributed by atoms with E-state index in [2.05, 4.69) is 52.8 Å². The average Bonchev–Trinajstić information content (AvgIpc) is 2.15. The molecule has 1 aliphatic rings. The molecule has 0 heterocycles. The van der Waals surface area contributed by atoms with E-state index >= 15 is 0 Å². The van der Waals surface area contributed by atoms with Crippen LogP contribution in [0, 0.1) is 17.3 Å². The van der Waals surface area contributed by atoms with E-state index in [-0.39, 0.29) is 0 Å². The van der Waals surface area contributed by atoms with Gasteiger partial charge < -0.3 is 0 Å². The van der Waals surface area contributed by atoms with Crippen molar-refractivity contribution >= 4 is 0 Å². The van der Waals surface area contributed by atoms with E-state index in [9.17, 15) is 0 Å². The summed E-state index contributed by atoms with van der Waals surface area (Å²) in [6.07, 6.45) is 11.1. The zero-order valence-electron chi connectivity index (χ0n) is 11.0. The van der Waals surface area contributed by atoms with Crippen molar-refractivity contribution in [3.8, 4) is 0 Å². The van der Waals surface area contributed by atoms with Crippen LogP contribution in [0.1, 0.15) is 53.9 Å². The van der Waals surface area contributed by atoms with E-state index < -0.39 is 0 Å². The maximum absolute atomic E-state index is 2.44. The molecule has 0 aromatic carbocycles. The maximum Gasteiger partial charge on any atom is -0.0153 e. The first-order chi connectivity index (χ1) is 6.97. The molecule has 1 aliphatic carbocycles. The van der Waals surface area contributed by atoms with Crippen molar-refractivity contribution in [2.45, 2.75) is 53.9 Å². The number of allylic oxidation sites excluding steroid dienone is 4. The molecule has 0 heteroatoms. The third kappa shape index (κ3) is 3.22. The molecule has 1 rings (SSSR count). The minimum absolute atomic E-state index is 0.488. The smallest absolute Gasteiger partial charge is 0.0153 e.